The molecule has 272 valence electrons. The van der Waals surface area contributed by atoms with Crippen molar-refractivity contribution in [3.63, 3.8) is 0 Å². The van der Waals surface area contributed by atoms with Crippen LogP contribution < -0.4 is 0 Å². The molecule has 1 atom stereocenters. The second-order valence-corrected chi connectivity index (χ2v) is 13.0. The van der Waals surface area contributed by atoms with Gasteiger partial charge in [0.05, 0.1) is 6.61 Å². The minimum Gasteiger partial charge on any atom is -0.462 e. The predicted molar refractivity (Wildman–Crippen MR) is 200 cm³/mol. The Labute approximate surface area is 290 Å². The molecule has 0 radical (unpaired) electrons. The standard InChI is InChI=1S/C42H74O5/c1-3-5-7-9-11-13-15-17-19-20-21-22-23-25-27-29-31-33-35-37-42(45)47-40(38-43)39-46-41(44)36-34-32-30-28-26-24-18-16-14-12-10-8-6-4-2/h10-13,16-19,40,43H,3-9,14-15,20-39H2,1-2H3/b12-10+,13-11+,18-16+,19-17+/t40-/m0/s1. The number of hydrogen-bond acceptors (Lipinski definition) is 5. The average Bonchev–Trinajstić information content (AvgIpc) is 3.07. The molecule has 0 bridgehead atoms. The Morgan fingerprint density at radius 2 is 0.872 bits per heavy atom. The zero-order chi connectivity index (χ0) is 34.3. The summed E-state index contributed by atoms with van der Waals surface area (Å²) in [5, 5.41) is 9.55. The lowest BCUT2D eigenvalue weighted by Gasteiger charge is -2.15. The lowest BCUT2D eigenvalue weighted by atomic mass is 10.1. The van der Waals surface area contributed by atoms with Crippen molar-refractivity contribution in [3.8, 4) is 0 Å². The van der Waals surface area contributed by atoms with E-state index < -0.39 is 6.10 Å². The molecule has 0 aliphatic carbocycles. The first-order valence-corrected chi connectivity index (χ1v) is 19.7. The lowest BCUT2D eigenvalue weighted by molar-refractivity contribution is -0.161. The van der Waals surface area contributed by atoms with Gasteiger partial charge in [-0.3, -0.25) is 9.59 Å². The normalized spacial score (nSPS) is 12.7. The third-order valence-electron chi connectivity index (χ3n) is 8.35. The summed E-state index contributed by atoms with van der Waals surface area (Å²) >= 11 is 0. The zero-order valence-corrected chi connectivity index (χ0v) is 30.8. The Morgan fingerprint density at radius 3 is 1.32 bits per heavy atom. The Balaban J connectivity index is 3.58. The number of esters is 2. The van der Waals surface area contributed by atoms with Gasteiger partial charge in [0.15, 0.2) is 6.10 Å². The molecule has 0 aliphatic heterocycles. The van der Waals surface area contributed by atoms with Gasteiger partial charge < -0.3 is 14.6 Å². The molecule has 0 heterocycles. The van der Waals surface area contributed by atoms with Gasteiger partial charge in [0.1, 0.15) is 6.61 Å². The van der Waals surface area contributed by atoms with Crippen LogP contribution in [-0.2, 0) is 19.1 Å². The minimum absolute atomic E-state index is 0.0754. The fourth-order valence-electron chi connectivity index (χ4n) is 5.31. The first-order chi connectivity index (χ1) is 23.1. The topological polar surface area (TPSA) is 72.8 Å². The number of rotatable bonds is 35. The summed E-state index contributed by atoms with van der Waals surface area (Å²) in [7, 11) is 0. The van der Waals surface area contributed by atoms with Crippen molar-refractivity contribution in [1.29, 1.82) is 0 Å². The van der Waals surface area contributed by atoms with Crippen LogP contribution in [0.1, 0.15) is 187 Å². The number of ether oxygens (including phenoxy) is 2. The van der Waals surface area contributed by atoms with Crippen LogP contribution in [0.15, 0.2) is 48.6 Å². The summed E-state index contributed by atoms with van der Waals surface area (Å²) in [6.45, 7) is 4.05. The summed E-state index contributed by atoms with van der Waals surface area (Å²) in [6.07, 6.45) is 47.4. The van der Waals surface area contributed by atoms with E-state index in [4.69, 9.17) is 9.47 Å². The molecule has 0 rings (SSSR count). The molecule has 0 aromatic carbocycles. The second-order valence-electron chi connectivity index (χ2n) is 13.0. The third kappa shape index (κ3) is 36.5. The highest BCUT2D eigenvalue weighted by Gasteiger charge is 2.16. The number of aliphatic hydroxyl groups excluding tert-OH is 1. The molecule has 0 aromatic rings. The summed E-state index contributed by atoms with van der Waals surface area (Å²) < 4.78 is 10.6. The first-order valence-electron chi connectivity index (χ1n) is 19.7. The predicted octanol–water partition coefficient (Wildman–Crippen LogP) is 12.2. The fraction of sp³-hybridized carbons (Fsp3) is 0.762. The van der Waals surface area contributed by atoms with Crippen molar-refractivity contribution in [2.75, 3.05) is 13.2 Å². The summed E-state index contributed by atoms with van der Waals surface area (Å²) in [4.78, 5) is 24.2. The molecular formula is C42H74O5. The smallest absolute Gasteiger partial charge is 0.306 e. The highest BCUT2D eigenvalue weighted by molar-refractivity contribution is 5.70. The SMILES string of the molecule is CCCC/C=C/C/C=C/CCCCCCCC(=O)OC[C@H](CO)OC(=O)CCCCCCCCCCC/C=C/C/C=C/CCCCC. The second kappa shape index (κ2) is 38.3. The van der Waals surface area contributed by atoms with Crippen molar-refractivity contribution < 1.29 is 24.2 Å². The largest absolute Gasteiger partial charge is 0.462 e. The number of carbonyl (C=O) groups is 2. The fourth-order valence-corrected chi connectivity index (χ4v) is 5.31. The Kier molecular flexibility index (Phi) is 36.6. The molecular weight excluding hydrogens is 584 g/mol. The number of allylic oxidation sites excluding steroid dienone is 8. The van der Waals surface area contributed by atoms with Gasteiger partial charge in [-0.05, 0) is 70.6 Å². The van der Waals surface area contributed by atoms with Crippen molar-refractivity contribution >= 4 is 11.9 Å². The van der Waals surface area contributed by atoms with Gasteiger partial charge in [0, 0.05) is 12.8 Å². The average molecular weight is 659 g/mol. The molecule has 0 aliphatic rings. The molecule has 0 unspecified atom stereocenters. The highest BCUT2D eigenvalue weighted by atomic mass is 16.6. The van der Waals surface area contributed by atoms with Crippen LogP contribution in [0, 0.1) is 0 Å². The van der Waals surface area contributed by atoms with Crippen molar-refractivity contribution in [1.82, 2.24) is 0 Å². The van der Waals surface area contributed by atoms with E-state index in [9.17, 15) is 14.7 Å². The molecule has 0 fully saturated rings. The van der Waals surface area contributed by atoms with Crippen LogP contribution in [0.3, 0.4) is 0 Å². The van der Waals surface area contributed by atoms with Crippen LogP contribution >= 0.6 is 0 Å². The molecule has 47 heavy (non-hydrogen) atoms. The maximum atomic E-state index is 12.2. The minimum atomic E-state index is -0.779. The van der Waals surface area contributed by atoms with Crippen molar-refractivity contribution in [3.05, 3.63) is 48.6 Å². The molecule has 5 nitrogen and oxygen atoms in total. The first kappa shape index (κ1) is 44.9. The molecule has 0 saturated carbocycles. The van der Waals surface area contributed by atoms with E-state index in [1.54, 1.807) is 0 Å². The van der Waals surface area contributed by atoms with Gasteiger partial charge in [-0.25, -0.2) is 0 Å². The molecule has 0 amide bonds. The maximum absolute atomic E-state index is 12.2. The maximum Gasteiger partial charge on any atom is 0.306 e. The third-order valence-corrected chi connectivity index (χ3v) is 8.35. The molecule has 1 N–H and O–H groups in total. The van der Waals surface area contributed by atoms with E-state index in [0.717, 1.165) is 57.8 Å². The zero-order valence-electron chi connectivity index (χ0n) is 30.8. The molecule has 0 saturated heterocycles. The Bertz CT molecular complexity index is 797. The highest BCUT2D eigenvalue weighted by Crippen LogP contribution is 2.13. The molecule has 0 aromatic heterocycles. The van der Waals surface area contributed by atoms with E-state index in [2.05, 4.69) is 62.5 Å². The van der Waals surface area contributed by atoms with Gasteiger partial charge in [0.25, 0.3) is 0 Å². The van der Waals surface area contributed by atoms with E-state index >= 15 is 0 Å². The molecule has 0 spiro atoms. The van der Waals surface area contributed by atoms with E-state index in [1.807, 2.05) is 0 Å². The summed E-state index contributed by atoms with van der Waals surface area (Å²) in [5.41, 5.74) is 0. The van der Waals surface area contributed by atoms with Gasteiger partial charge in [-0.2, -0.15) is 0 Å². The Morgan fingerprint density at radius 1 is 0.489 bits per heavy atom. The lowest BCUT2D eigenvalue weighted by Crippen LogP contribution is -2.28. The van der Waals surface area contributed by atoms with E-state index in [-0.39, 0.29) is 25.2 Å². The monoisotopic (exact) mass is 659 g/mol. The van der Waals surface area contributed by atoms with E-state index in [0.29, 0.717) is 12.8 Å². The number of aliphatic hydroxyl groups is 1. The van der Waals surface area contributed by atoms with Crippen LogP contribution in [0.5, 0.6) is 0 Å². The van der Waals surface area contributed by atoms with Gasteiger partial charge in [0.2, 0.25) is 0 Å². The quantitative estimate of drug-likeness (QED) is 0.0417. The van der Waals surface area contributed by atoms with Crippen molar-refractivity contribution in [2.45, 2.75) is 193 Å². The van der Waals surface area contributed by atoms with E-state index in [1.165, 1.54) is 103 Å². The van der Waals surface area contributed by atoms with Gasteiger partial charge in [-0.1, -0.05) is 152 Å². The number of unbranched alkanes of at least 4 members (excludes halogenated alkanes) is 19. The number of carbonyl (C=O) groups excluding carboxylic acids is 2. The van der Waals surface area contributed by atoms with Crippen molar-refractivity contribution in [2.24, 2.45) is 0 Å². The van der Waals surface area contributed by atoms with Gasteiger partial charge >= 0.3 is 11.9 Å². The van der Waals surface area contributed by atoms with Crippen LogP contribution in [-0.4, -0.2) is 36.4 Å². The van der Waals surface area contributed by atoms with Crippen LogP contribution in [0.2, 0.25) is 0 Å². The van der Waals surface area contributed by atoms with Crippen LogP contribution in [0.4, 0.5) is 0 Å². The Hall–Kier alpha value is -2.14. The number of hydrogen-bond donors (Lipinski definition) is 1. The van der Waals surface area contributed by atoms with Gasteiger partial charge in [-0.15, -0.1) is 0 Å². The van der Waals surface area contributed by atoms with Crippen LogP contribution in [0.25, 0.3) is 0 Å². The summed E-state index contributed by atoms with van der Waals surface area (Å²) in [5.74, 6) is -0.613. The summed E-state index contributed by atoms with van der Waals surface area (Å²) in [6, 6.07) is 0. The molecule has 5 heteroatoms.